The van der Waals surface area contributed by atoms with Crippen molar-refractivity contribution >= 4 is 17.2 Å². The lowest BCUT2D eigenvalue weighted by Crippen LogP contribution is -2.44. The number of nitrogens with zero attached hydrogens (tertiary/aromatic N) is 2. The van der Waals surface area contributed by atoms with E-state index >= 15 is 0 Å². The third kappa shape index (κ3) is 2.01. The van der Waals surface area contributed by atoms with Crippen molar-refractivity contribution in [3.05, 3.63) is 16.6 Å². The number of aromatic nitrogens is 1. The van der Waals surface area contributed by atoms with E-state index in [2.05, 4.69) is 10.3 Å². The van der Waals surface area contributed by atoms with Gasteiger partial charge in [0, 0.05) is 25.5 Å². The summed E-state index contributed by atoms with van der Waals surface area (Å²) in [5.74, 6) is -0.135. The number of rotatable bonds is 2. The van der Waals surface area contributed by atoms with Gasteiger partial charge in [-0.25, -0.2) is 4.98 Å². The van der Waals surface area contributed by atoms with E-state index in [1.807, 2.05) is 0 Å². The molecule has 2 atom stereocenters. The largest absolute Gasteiger partial charge is 0.390 e. The highest BCUT2D eigenvalue weighted by atomic mass is 32.1. The van der Waals surface area contributed by atoms with Gasteiger partial charge in [0.1, 0.15) is 5.69 Å². The van der Waals surface area contributed by atoms with Gasteiger partial charge in [-0.1, -0.05) is 0 Å². The van der Waals surface area contributed by atoms with Crippen LogP contribution >= 0.6 is 11.3 Å². The Morgan fingerprint density at radius 1 is 1.73 bits per heavy atom. The van der Waals surface area contributed by atoms with Gasteiger partial charge in [-0.15, -0.1) is 11.3 Å². The van der Waals surface area contributed by atoms with Crippen LogP contribution in [0.2, 0.25) is 0 Å². The summed E-state index contributed by atoms with van der Waals surface area (Å²) in [6.07, 6.45) is -0.488. The van der Waals surface area contributed by atoms with Crippen molar-refractivity contribution in [2.75, 3.05) is 20.1 Å². The summed E-state index contributed by atoms with van der Waals surface area (Å²) in [6.45, 7) is 1.17. The van der Waals surface area contributed by atoms with Crippen LogP contribution in [0.25, 0.3) is 0 Å². The van der Waals surface area contributed by atoms with Crippen LogP contribution in [0, 0.1) is 0 Å². The fourth-order valence-corrected chi connectivity index (χ4v) is 2.22. The highest BCUT2D eigenvalue weighted by Crippen LogP contribution is 2.12. The lowest BCUT2D eigenvalue weighted by atomic mass is 10.2. The Balaban J connectivity index is 2.07. The number of aliphatic hydroxyl groups excluding tert-OH is 1. The maximum atomic E-state index is 11.9. The number of thiazole rings is 1. The Hall–Kier alpha value is -0.980. The molecule has 15 heavy (non-hydrogen) atoms. The van der Waals surface area contributed by atoms with E-state index < -0.39 is 6.10 Å². The van der Waals surface area contributed by atoms with Gasteiger partial charge in [-0.05, 0) is 0 Å². The first-order valence-electron chi connectivity index (χ1n) is 4.74. The van der Waals surface area contributed by atoms with Crippen LogP contribution in [-0.4, -0.2) is 53.2 Å². The highest BCUT2D eigenvalue weighted by molar-refractivity contribution is 7.07. The minimum atomic E-state index is -0.488. The number of β-amino-alcohol motifs (C(OH)–C–C–N with tert-alkyl or cyclic N) is 1. The molecule has 1 aromatic heterocycles. The van der Waals surface area contributed by atoms with Crippen LogP contribution in [-0.2, 0) is 0 Å². The molecule has 1 aliphatic heterocycles. The van der Waals surface area contributed by atoms with E-state index in [9.17, 15) is 9.90 Å². The third-order valence-electron chi connectivity index (χ3n) is 2.62. The molecular weight excluding hydrogens is 214 g/mol. The number of hydrogen-bond acceptors (Lipinski definition) is 5. The summed E-state index contributed by atoms with van der Waals surface area (Å²) in [5, 5.41) is 14.4. The molecule has 1 amide bonds. The van der Waals surface area contributed by atoms with Gasteiger partial charge in [-0.3, -0.25) is 4.79 Å². The van der Waals surface area contributed by atoms with Gasteiger partial charge in [0.05, 0.1) is 17.7 Å². The molecule has 1 saturated heterocycles. The molecule has 0 saturated carbocycles. The Morgan fingerprint density at radius 3 is 3.07 bits per heavy atom. The molecule has 1 aromatic rings. The van der Waals surface area contributed by atoms with Gasteiger partial charge in [-0.2, -0.15) is 0 Å². The third-order valence-corrected chi connectivity index (χ3v) is 3.21. The van der Waals surface area contributed by atoms with Crippen molar-refractivity contribution in [2.24, 2.45) is 0 Å². The summed E-state index contributed by atoms with van der Waals surface area (Å²) in [4.78, 5) is 17.4. The standard InChI is InChI=1S/C9H13N3O2S/c1-12(7-2-10-3-8(7)13)9(14)6-4-15-5-11-6/h4-5,7-8,10,13H,2-3H2,1H3/t7-,8-/m1/s1. The first-order valence-corrected chi connectivity index (χ1v) is 5.68. The maximum Gasteiger partial charge on any atom is 0.273 e. The molecule has 2 N–H and O–H groups in total. The summed E-state index contributed by atoms with van der Waals surface area (Å²) in [5.41, 5.74) is 2.08. The van der Waals surface area contributed by atoms with E-state index in [4.69, 9.17) is 0 Å². The van der Waals surface area contributed by atoms with Gasteiger partial charge in [0.25, 0.3) is 5.91 Å². The second-order valence-electron chi connectivity index (χ2n) is 3.58. The number of amides is 1. The molecule has 5 nitrogen and oxygen atoms in total. The van der Waals surface area contributed by atoms with E-state index in [1.54, 1.807) is 22.8 Å². The molecule has 82 valence electrons. The summed E-state index contributed by atoms with van der Waals surface area (Å²) in [6, 6.07) is -0.154. The lowest BCUT2D eigenvalue weighted by molar-refractivity contribution is 0.0576. The number of carbonyl (C=O) groups excluding carboxylic acids is 1. The molecule has 1 fully saturated rings. The Bertz CT molecular complexity index is 341. The van der Waals surface area contributed by atoms with Gasteiger partial charge >= 0.3 is 0 Å². The van der Waals surface area contributed by atoms with Crippen LogP contribution in [0.15, 0.2) is 10.9 Å². The van der Waals surface area contributed by atoms with Gasteiger partial charge in [0.15, 0.2) is 0 Å². The molecule has 0 bridgehead atoms. The predicted octanol–water partition coefficient (Wildman–Crippen LogP) is -0.452. The quantitative estimate of drug-likeness (QED) is 0.718. The minimum Gasteiger partial charge on any atom is -0.390 e. The summed E-state index contributed by atoms with van der Waals surface area (Å²) < 4.78 is 0. The topological polar surface area (TPSA) is 65.5 Å². The average molecular weight is 227 g/mol. The molecule has 0 radical (unpaired) electrons. The number of hydrogen-bond donors (Lipinski definition) is 2. The first kappa shape index (κ1) is 10.5. The van der Waals surface area contributed by atoms with Gasteiger partial charge < -0.3 is 15.3 Å². The molecule has 1 aliphatic rings. The smallest absolute Gasteiger partial charge is 0.273 e. The normalized spacial score (nSPS) is 25.5. The maximum absolute atomic E-state index is 11.9. The Morgan fingerprint density at radius 2 is 2.53 bits per heavy atom. The van der Waals surface area contributed by atoms with Crippen LogP contribution in [0.4, 0.5) is 0 Å². The van der Waals surface area contributed by atoms with E-state index in [0.29, 0.717) is 18.8 Å². The van der Waals surface area contributed by atoms with Crippen molar-refractivity contribution in [3.63, 3.8) is 0 Å². The van der Waals surface area contributed by atoms with Crippen molar-refractivity contribution in [3.8, 4) is 0 Å². The second kappa shape index (κ2) is 4.26. The molecular formula is C9H13N3O2S. The van der Waals surface area contributed by atoms with Crippen molar-refractivity contribution in [1.82, 2.24) is 15.2 Å². The molecule has 2 rings (SSSR count). The summed E-state index contributed by atoms with van der Waals surface area (Å²) in [7, 11) is 1.70. The Labute approximate surface area is 91.7 Å². The monoisotopic (exact) mass is 227 g/mol. The van der Waals surface area contributed by atoms with Crippen LogP contribution in [0.5, 0.6) is 0 Å². The van der Waals surface area contributed by atoms with Crippen molar-refractivity contribution < 1.29 is 9.90 Å². The zero-order chi connectivity index (χ0) is 10.8. The first-order chi connectivity index (χ1) is 7.20. The molecule has 6 heteroatoms. The zero-order valence-electron chi connectivity index (χ0n) is 8.38. The van der Waals surface area contributed by atoms with Crippen LogP contribution in [0.3, 0.4) is 0 Å². The Kier molecular flexibility index (Phi) is 2.99. The molecule has 0 aromatic carbocycles. The SMILES string of the molecule is CN(C(=O)c1cscn1)[C@@H]1CNC[C@H]1O. The predicted molar refractivity (Wildman–Crippen MR) is 56.9 cm³/mol. The lowest BCUT2D eigenvalue weighted by Gasteiger charge is -2.25. The number of aliphatic hydroxyl groups is 1. The van der Waals surface area contributed by atoms with Crippen molar-refractivity contribution in [2.45, 2.75) is 12.1 Å². The molecule has 0 spiro atoms. The fraction of sp³-hybridized carbons (Fsp3) is 0.556. The fourth-order valence-electron chi connectivity index (χ4n) is 1.70. The van der Waals surface area contributed by atoms with Crippen molar-refractivity contribution in [1.29, 1.82) is 0 Å². The number of likely N-dealkylation sites (N-methyl/N-ethyl adjacent to an activating group) is 1. The number of nitrogens with one attached hydrogen (secondary N) is 1. The molecule has 0 unspecified atom stereocenters. The van der Waals surface area contributed by atoms with Crippen LogP contribution < -0.4 is 5.32 Å². The average Bonchev–Trinajstić information content (AvgIpc) is 2.85. The zero-order valence-corrected chi connectivity index (χ0v) is 9.20. The van der Waals surface area contributed by atoms with E-state index in [1.165, 1.54) is 11.3 Å². The second-order valence-corrected chi connectivity index (χ2v) is 4.30. The van der Waals surface area contributed by atoms with Gasteiger partial charge in [0.2, 0.25) is 0 Å². The molecule has 0 aliphatic carbocycles. The summed E-state index contributed by atoms with van der Waals surface area (Å²) >= 11 is 1.39. The molecule has 2 heterocycles. The van der Waals surface area contributed by atoms with E-state index in [-0.39, 0.29) is 11.9 Å². The van der Waals surface area contributed by atoms with E-state index in [0.717, 1.165) is 0 Å². The minimum absolute atomic E-state index is 0.135. The highest BCUT2D eigenvalue weighted by Gasteiger charge is 2.31. The van der Waals surface area contributed by atoms with Crippen LogP contribution in [0.1, 0.15) is 10.5 Å². The number of carbonyl (C=O) groups is 1.